The Morgan fingerprint density at radius 2 is 1.83 bits per heavy atom. The van der Waals surface area contributed by atoms with Gasteiger partial charge in [0.25, 0.3) is 0 Å². The number of allylic oxidation sites excluding steroid dienone is 1. The molecule has 30 heavy (non-hydrogen) atoms. The average molecular weight is 412 g/mol. The van der Waals surface area contributed by atoms with Crippen molar-refractivity contribution in [2.75, 3.05) is 0 Å². The summed E-state index contributed by atoms with van der Waals surface area (Å²) >= 11 is 0. The number of halogens is 3. The van der Waals surface area contributed by atoms with Gasteiger partial charge in [0, 0.05) is 30.5 Å². The lowest BCUT2D eigenvalue weighted by atomic mass is 10.0. The van der Waals surface area contributed by atoms with Crippen LogP contribution in [0.15, 0.2) is 59.8 Å². The average Bonchev–Trinajstić information content (AvgIpc) is 3.32. The predicted molar refractivity (Wildman–Crippen MR) is 107 cm³/mol. The molecule has 2 aromatic carbocycles. The van der Waals surface area contributed by atoms with E-state index in [-0.39, 0.29) is 18.1 Å². The van der Waals surface area contributed by atoms with Crippen LogP contribution in [0.4, 0.5) is 13.2 Å². The van der Waals surface area contributed by atoms with Crippen LogP contribution in [0, 0.1) is 17.5 Å². The molecule has 0 saturated heterocycles. The fourth-order valence-corrected chi connectivity index (χ4v) is 3.57. The van der Waals surface area contributed by atoms with Crippen LogP contribution in [-0.2, 0) is 11.3 Å². The van der Waals surface area contributed by atoms with Crippen LogP contribution < -0.4 is 0 Å². The second-order valence-electron chi connectivity index (χ2n) is 7.25. The van der Waals surface area contributed by atoms with Gasteiger partial charge < -0.3 is 0 Å². The fraction of sp³-hybridized carbons (Fsp3) is 0.227. The molecular formula is C22H19F3N4O. The molecule has 1 amide bonds. The van der Waals surface area contributed by atoms with Gasteiger partial charge in [-0.1, -0.05) is 12.2 Å². The molecule has 3 aromatic rings. The van der Waals surface area contributed by atoms with E-state index in [0.717, 1.165) is 17.2 Å². The highest BCUT2D eigenvalue weighted by molar-refractivity contribution is 5.80. The maximum atomic E-state index is 13.6. The summed E-state index contributed by atoms with van der Waals surface area (Å²) in [5, 5.41) is 10.3. The number of hydrogen-bond donors (Lipinski definition) is 0. The number of fused-ring (bicyclic) bond motifs is 1. The number of rotatable bonds is 6. The molecule has 4 rings (SSSR count). The van der Waals surface area contributed by atoms with Crippen LogP contribution in [0.5, 0.6) is 0 Å². The summed E-state index contributed by atoms with van der Waals surface area (Å²) in [7, 11) is 0. The SMILES string of the molecule is C=C(CCC(=O)N1N=CCC1c1cc(F)cc(F)c1)Cn1ncc2cc(F)ccc21. The Morgan fingerprint density at radius 1 is 1.07 bits per heavy atom. The lowest BCUT2D eigenvalue weighted by Crippen LogP contribution is -2.27. The summed E-state index contributed by atoms with van der Waals surface area (Å²) in [4.78, 5) is 12.7. The lowest BCUT2D eigenvalue weighted by molar-refractivity contribution is -0.133. The first-order chi connectivity index (χ1) is 14.4. The van der Waals surface area contributed by atoms with Gasteiger partial charge in [-0.25, -0.2) is 18.2 Å². The Kier molecular flexibility index (Phi) is 5.39. The first kappa shape index (κ1) is 19.9. The monoisotopic (exact) mass is 412 g/mol. The van der Waals surface area contributed by atoms with Gasteiger partial charge in [0.05, 0.1) is 24.3 Å². The molecule has 5 nitrogen and oxygen atoms in total. The first-order valence-corrected chi connectivity index (χ1v) is 9.49. The van der Waals surface area contributed by atoms with E-state index in [4.69, 9.17) is 0 Å². The molecule has 1 unspecified atom stereocenters. The molecule has 1 aliphatic heterocycles. The van der Waals surface area contributed by atoms with Crippen LogP contribution in [0.2, 0.25) is 0 Å². The highest BCUT2D eigenvalue weighted by atomic mass is 19.1. The maximum Gasteiger partial charge on any atom is 0.243 e. The topological polar surface area (TPSA) is 50.5 Å². The number of benzene rings is 2. The Morgan fingerprint density at radius 3 is 2.60 bits per heavy atom. The third-order valence-corrected chi connectivity index (χ3v) is 5.02. The maximum absolute atomic E-state index is 13.6. The molecule has 8 heteroatoms. The van der Waals surface area contributed by atoms with Gasteiger partial charge in [-0.3, -0.25) is 9.48 Å². The van der Waals surface area contributed by atoms with Crippen LogP contribution >= 0.6 is 0 Å². The van der Waals surface area contributed by atoms with Crippen molar-refractivity contribution in [2.45, 2.75) is 31.8 Å². The van der Waals surface area contributed by atoms with Crippen molar-refractivity contribution in [1.82, 2.24) is 14.8 Å². The highest BCUT2D eigenvalue weighted by Crippen LogP contribution is 2.30. The number of carbonyl (C=O) groups excluding carboxylic acids is 1. The van der Waals surface area contributed by atoms with E-state index >= 15 is 0 Å². The zero-order valence-corrected chi connectivity index (χ0v) is 16.1. The van der Waals surface area contributed by atoms with Crippen LogP contribution in [0.3, 0.4) is 0 Å². The zero-order valence-electron chi connectivity index (χ0n) is 16.1. The molecule has 0 bridgehead atoms. The summed E-state index contributed by atoms with van der Waals surface area (Å²) in [6, 6.07) is 7.13. The van der Waals surface area contributed by atoms with Crippen molar-refractivity contribution in [3.05, 3.63) is 77.8 Å². The van der Waals surface area contributed by atoms with Gasteiger partial charge in [0.15, 0.2) is 0 Å². The van der Waals surface area contributed by atoms with Gasteiger partial charge >= 0.3 is 0 Å². The lowest BCUT2D eigenvalue weighted by Gasteiger charge is -2.22. The van der Waals surface area contributed by atoms with E-state index in [1.54, 1.807) is 23.2 Å². The van der Waals surface area contributed by atoms with Crippen molar-refractivity contribution < 1.29 is 18.0 Å². The van der Waals surface area contributed by atoms with E-state index in [9.17, 15) is 18.0 Å². The molecule has 2 heterocycles. The van der Waals surface area contributed by atoms with Gasteiger partial charge in [-0.2, -0.15) is 10.2 Å². The number of carbonyl (C=O) groups is 1. The van der Waals surface area contributed by atoms with Crippen LogP contribution in [0.25, 0.3) is 10.9 Å². The Bertz CT molecular complexity index is 1130. The molecule has 154 valence electrons. The molecule has 0 N–H and O–H groups in total. The summed E-state index contributed by atoms with van der Waals surface area (Å²) in [5.41, 5.74) is 1.92. The summed E-state index contributed by atoms with van der Waals surface area (Å²) in [6.45, 7) is 4.40. The summed E-state index contributed by atoms with van der Waals surface area (Å²) < 4.78 is 42.1. The molecule has 1 aliphatic rings. The number of amides is 1. The summed E-state index contributed by atoms with van der Waals surface area (Å²) in [5.74, 6) is -1.97. The highest BCUT2D eigenvalue weighted by Gasteiger charge is 2.28. The molecule has 0 radical (unpaired) electrons. The number of aromatic nitrogens is 2. The Hall–Kier alpha value is -3.42. The van der Waals surface area contributed by atoms with E-state index in [1.807, 2.05) is 0 Å². The molecule has 1 aromatic heterocycles. The largest absolute Gasteiger partial charge is 0.273 e. The molecular weight excluding hydrogens is 393 g/mol. The minimum Gasteiger partial charge on any atom is -0.273 e. The fourth-order valence-electron chi connectivity index (χ4n) is 3.57. The third-order valence-electron chi connectivity index (χ3n) is 5.02. The van der Waals surface area contributed by atoms with Gasteiger partial charge in [0.1, 0.15) is 17.5 Å². The van der Waals surface area contributed by atoms with Gasteiger partial charge in [-0.15, -0.1) is 0 Å². The third kappa shape index (κ3) is 4.12. The van der Waals surface area contributed by atoms with Gasteiger partial charge in [0.2, 0.25) is 5.91 Å². The normalized spacial score (nSPS) is 15.8. The van der Waals surface area contributed by atoms with Crippen molar-refractivity contribution in [2.24, 2.45) is 5.10 Å². The first-order valence-electron chi connectivity index (χ1n) is 9.49. The molecule has 0 aliphatic carbocycles. The second-order valence-corrected chi connectivity index (χ2v) is 7.25. The standard InChI is InChI=1S/C22H19F3N4O/c1-14(13-28-20-4-3-17(23)10-16(20)12-27-28)2-5-22(30)29-21(6-7-26-29)15-8-18(24)11-19(25)9-15/h3-4,7-12,21H,1-2,5-6,13H2. The van der Waals surface area contributed by atoms with Gasteiger partial charge in [-0.05, 0) is 42.3 Å². The quantitative estimate of drug-likeness (QED) is 0.549. The zero-order chi connectivity index (χ0) is 21.3. The van der Waals surface area contributed by atoms with Crippen LogP contribution in [-0.4, -0.2) is 26.9 Å². The molecule has 0 saturated carbocycles. The number of nitrogens with zero attached hydrogens (tertiary/aromatic N) is 4. The van der Waals surface area contributed by atoms with E-state index in [1.165, 1.54) is 29.3 Å². The van der Waals surface area contributed by atoms with E-state index in [0.29, 0.717) is 30.3 Å². The number of hydrogen-bond acceptors (Lipinski definition) is 3. The second kappa shape index (κ2) is 8.14. The predicted octanol–water partition coefficient (Wildman–Crippen LogP) is 4.75. The minimum atomic E-state index is -0.691. The van der Waals surface area contributed by atoms with E-state index < -0.39 is 17.7 Å². The van der Waals surface area contributed by atoms with Crippen molar-refractivity contribution in [3.8, 4) is 0 Å². The smallest absolute Gasteiger partial charge is 0.243 e. The van der Waals surface area contributed by atoms with E-state index in [2.05, 4.69) is 16.8 Å². The molecule has 0 spiro atoms. The molecule has 1 atom stereocenters. The Balaban J connectivity index is 1.38. The van der Waals surface area contributed by atoms with Crippen LogP contribution in [0.1, 0.15) is 30.9 Å². The minimum absolute atomic E-state index is 0.151. The Labute approximate surface area is 171 Å². The van der Waals surface area contributed by atoms with Crippen molar-refractivity contribution in [1.29, 1.82) is 0 Å². The number of hydrazone groups is 1. The van der Waals surface area contributed by atoms with Crippen molar-refractivity contribution >= 4 is 23.0 Å². The summed E-state index contributed by atoms with van der Waals surface area (Å²) in [6.07, 6.45) is 4.09. The van der Waals surface area contributed by atoms with Crippen molar-refractivity contribution in [3.63, 3.8) is 0 Å². The molecule has 0 fully saturated rings.